The van der Waals surface area contributed by atoms with Gasteiger partial charge in [-0.2, -0.15) is 13.2 Å². The maximum absolute atomic E-state index is 13.2. The molecule has 9 heteroatoms. The molecular weight excluding hydrogens is 289 g/mol. The van der Waals surface area contributed by atoms with E-state index in [0.29, 0.717) is 0 Å². The largest absolute Gasteiger partial charge is 0.449 e. The normalized spacial score (nSPS) is 16.2. The molecule has 0 aromatic heterocycles. The summed E-state index contributed by atoms with van der Waals surface area (Å²) in [5, 5.41) is 0. The Morgan fingerprint density at radius 2 is 1.06 bits per heavy atom. The van der Waals surface area contributed by atoms with E-state index in [0.717, 1.165) is 0 Å². The molecule has 0 amide bonds. The number of nitrogens with zero attached hydrogens (tertiary/aromatic N) is 1. The summed E-state index contributed by atoms with van der Waals surface area (Å²) in [6.45, 7) is 10.9. The fourth-order valence-corrected chi connectivity index (χ4v) is 15.4. The molecule has 0 aliphatic carbocycles. The molecule has 0 saturated heterocycles. The van der Waals surface area contributed by atoms with Crippen molar-refractivity contribution < 1.29 is 22.0 Å². The van der Waals surface area contributed by atoms with E-state index in [9.17, 15) is 22.0 Å². The lowest BCUT2D eigenvalue weighted by Gasteiger charge is -2.45. The van der Waals surface area contributed by atoms with Crippen molar-refractivity contribution in [1.29, 1.82) is 0 Å². The fourth-order valence-electron chi connectivity index (χ4n) is 1.77. The molecule has 0 aliphatic heterocycles. The lowest BCUT2D eigenvalue weighted by Crippen LogP contribution is -2.66. The molecule has 0 spiro atoms. The van der Waals surface area contributed by atoms with E-state index < -0.39 is 37.9 Å². The summed E-state index contributed by atoms with van der Waals surface area (Å²) in [7, 11) is -6.93. The Hall–Kier alpha value is 0.261. The highest BCUT2D eigenvalue weighted by Crippen LogP contribution is 2.36. The van der Waals surface area contributed by atoms with Crippen LogP contribution in [0.25, 0.3) is 0 Å². The van der Waals surface area contributed by atoms with Crippen molar-refractivity contribution in [1.82, 2.24) is 3.90 Å². The summed E-state index contributed by atoms with van der Waals surface area (Å²) in [6.07, 6.45) is -5.41. The molecule has 0 fully saturated rings. The number of alkyl halides is 5. The first-order valence-electron chi connectivity index (χ1n) is 5.31. The molecule has 0 rings (SSSR count). The molecule has 0 radical (unpaired) electrons. The van der Waals surface area contributed by atoms with Crippen molar-refractivity contribution in [2.24, 2.45) is 0 Å². The van der Waals surface area contributed by atoms with Gasteiger partial charge in [-0.1, -0.05) is 39.3 Å². The van der Waals surface area contributed by atoms with Gasteiger partial charge in [-0.15, -0.1) is 0 Å². The smallest absolute Gasteiger partial charge is 0.369 e. The van der Waals surface area contributed by atoms with E-state index in [4.69, 9.17) is 0 Å². The van der Waals surface area contributed by atoms with Crippen LogP contribution in [0.2, 0.25) is 39.3 Å². The number of rotatable bonds is 4. The van der Waals surface area contributed by atoms with Gasteiger partial charge in [-0.05, 0) is 0 Å². The van der Waals surface area contributed by atoms with E-state index in [1.54, 1.807) is 3.90 Å². The lowest BCUT2D eigenvalue weighted by atomic mass is 10.7. The number of hydrogen-bond acceptors (Lipinski definition) is 1. The molecule has 0 aromatic carbocycles. The van der Waals surface area contributed by atoms with Crippen LogP contribution in [0.3, 0.4) is 0 Å². The summed E-state index contributed by atoms with van der Waals surface area (Å²) >= 11 is 0. The fraction of sp³-hybridized carbons (Fsp3) is 1.00. The molecule has 17 heavy (non-hydrogen) atoms. The van der Waals surface area contributed by atoms with Crippen LogP contribution in [0, 0.1) is 0 Å². The van der Waals surface area contributed by atoms with Crippen LogP contribution in [0.15, 0.2) is 0 Å². The molecule has 0 aromatic rings. The highest BCUT2D eigenvalue weighted by molar-refractivity contribution is 6.96. The Bertz CT molecular complexity index is 252. The molecule has 1 nitrogen and oxygen atoms in total. The molecule has 0 aliphatic rings. The monoisotopic (exact) mass is 309 g/mol. The Balaban J connectivity index is 5.17. The first kappa shape index (κ1) is 17.3. The molecule has 0 atom stereocenters. The van der Waals surface area contributed by atoms with Crippen LogP contribution in [-0.4, -0.2) is 41.8 Å². The zero-order valence-corrected chi connectivity index (χ0v) is 14.5. The zero-order chi connectivity index (χ0) is 14.3. The minimum Gasteiger partial charge on any atom is -0.369 e. The lowest BCUT2D eigenvalue weighted by molar-refractivity contribution is -0.245. The van der Waals surface area contributed by atoms with Gasteiger partial charge in [0, 0.05) is 0 Å². The summed E-state index contributed by atoms with van der Waals surface area (Å²) in [5.41, 5.74) is -4.49. The molecular formula is C8H20F5NSi3. The third-order valence-electron chi connectivity index (χ3n) is 2.39. The minimum absolute atomic E-state index is 1.58. The Morgan fingerprint density at radius 1 is 0.765 bits per heavy atom. The summed E-state index contributed by atoms with van der Waals surface area (Å²) < 4.78 is 64.7. The van der Waals surface area contributed by atoms with Crippen molar-refractivity contribution in [2.45, 2.75) is 51.0 Å². The van der Waals surface area contributed by atoms with Crippen LogP contribution in [0.1, 0.15) is 0 Å². The molecule has 0 saturated carbocycles. The van der Waals surface area contributed by atoms with E-state index >= 15 is 0 Å². The van der Waals surface area contributed by atoms with Crippen molar-refractivity contribution in [3.05, 3.63) is 0 Å². The van der Waals surface area contributed by atoms with Crippen molar-refractivity contribution >= 4 is 26.2 Å². The Kier molecular flexibility index (Phi) is 4.81. The predicted octanol–water partition coefficient (Wildman–Crippen LogP) is 3.20. The highest BCUT2D eigenvalue weighted by atomic mass is 28.5. The van der Waals surface area contributed by atoms with Gasteiger partial charge in [0.1, 0.15) is 16.5 Å². The third kappa shape index (κ3) is 4.80. The topological polar surface area (TPSA) is 3.24 Å². The van der Waals surface area contributed by atoms with E-state index in [1.165, 1.54) is 0 Å². The number of hydrogen-bond donors (Lipinski definition) is 0. The molecule has 0 bridgehead atoms. The molecule has 104 valence electrons. The second kappa shape index (κ2) is 4.74. The average Bonchev–Trinajstić information content (AvgIpc) is 1.93. The van der Waals surface area contributed by atoms with Gasteiger partial charge in [-0.25, -0.2) is 8.78 Å². The van der Waals surface area contributed by atoms with E-state index in [1.807, 2.05) is 39.3 Å². The van der Waals surface area contributed by atoms with Crippen LogP contribution in [-0.2, 0) is 0 Å². The second-order valence-electron chi connectivity index (χ2n) is 6.13. The third-order valence-corrected chi connectivity index (χ3v) is 17.4. The summed E-state index contributed by atoms with van der Waals surface area (Å²) in [5.74, 6) is 0. The quantitative estimate of drug-likeness (QED) is 0.569. The van der Waals surface area contributed by atoms with Gasteiger partial charge in [0.05, 0.1) is 0 Å². The maximum atomic E-state index is 13.2. The van der Waals surface area contributed by atoms with Gasteiger partial charge >= 0.3 is 11.7 Å². The Labute approximate surface area is 103 Å². The second-order valence-corrected chi connectivity index (χ2v) is 19.4. The maximum Gasteiger partial charge on any atom is 0.449 e. The van der Waals surface area contributed by atoms with Crippen molar-refractivity contribution in [2.75, 3.05) is 0 Å². The average molecular weight is 310 g/mol. The zero-order valence-electron chi connectivity index (χ0n) is 11.0. The minimum atomic E-state index is -5.41. The first-order valence-corrected chi connectivity index (χ1v) is 13.5. The summed E-state index contributed by atoms with van der Waals surface area (Å²) in [6, 6.07) is 0. The van der Waals surface area contributed by atoms with Crippen LogP contribution >= 0.6 is 0 Å². The molecule has 0 N–H and O–H groups in total. The molecule has 0 unspecified atom stereocenters. The van der Waals surface area contributed by atoms with Crippen molar-refractivity contribution in [3.63, 3.8) is 0 Å². The summed E-state index contributed by atoms with van der Waals surface area (Å²) in [4.78, 5) is 0. The first-order chi connectivity index (χ1) is 7.09. The van der Waals surface area contributed by atoms with Gasteiger partial charge < -0.3 is 3.90 Å². The van der Waals surface area contributed by atoms with Crippen LogP contribution < -0.4 is 0 Å². The van der Waals surface area contributed by atoms with E-state index in [-0.39, 0.29) is 0 Å². The molecule has 0 heterocycles. The predicted molar refractivity (Wildman–Crippen MR) is 68.1 cm³/mol. The Morgan fingerprint density at radius 3 is 1.24 bits per heavy atom. The van der Waals surface area contributed by atoms with Gasteiger partial charge in [-0.3, -0.25) is 0 Å². The van der Waals surface area contributed by atoms with Gasteiger partial charge in [0.25, 0.3) is 0 Å². The van der Waals surface area contributed by atoms with Gasteiger partial charge in [0.2, 0.25) is 0 Å². The van der Waals surface area contributed by atoms with Crippen LogP contribution in [0.4, 0.5) is 22.0 Å². The van der Waals surface area contributed by atoms with E-state index in [2.05, 4.69) is 0 Å². The van der Waals surface area contributed by atoms with Crippen LogP contribution in [0.5, 0.6) is 0 Å². The SMILES string of the molecule is C[Si](C)(C)N([SiH2]C(F)(F)C(F)(F)F)[Si](C)(C)C. The van der Waals surface area contributed by atoms with Crippen molar-refractivity contribution in [3.8, 4) is 0 Å². The standard InChI is InChI=1S/C8H20F5NSi3/c1-16(2,3)14(17(4,5)6)15-8(12,13)7(9,10)11/h15H2,1-6H3. The van der Waals surface area contributed by atoms with Gasteiger partial charge in [0.15, 0.2) is 9.68 Å². The number of halogens is 5. The highest BCUT2D eigenvalue weighted by Gasteiger charge is 2.59.